The van der Waals surface area contributed by atoms with Crippen LogP contribution in [0.25, 0.3) is 5.52 Å². The number of nitrogens with one attached hydrogen (secondary N) is 1. The number of aromatic nitrogens is 2. The number of likely N-dealkylation sites (tertiary alicyclic amines) is 1. The molecular weight excluding hydrogens is 368 g/mol. The summed E-state index contributed by atoms with van der Waals surface area (Å²) in [7, 11) is 3.52. The summed E-state index contributed by atoms with van der Waals surface area (Å²) in [6, 6.07) is 5.59. The molecule has 29 heavy (non-hydrogen) atoms. The van der Waals surface area contributed by atoms with Gasteiger partial charge in [-0.05, 0) is 38.1 Å². The van der Waals surface area contributed by atoms with Crippen LogP contribution in [0.2, 0.25) is 0 Å². The van der Waals surface area contributed by atoms with Gasteiger partial charge in [0.1, 0.15) is 5.82 Å². The number of fused-ring (bicyclic) bond motifs is 1. The zero-order valence-electron chi connectivity index (χ0n) is 17.9. The summed E-state index contributed by atoms with van der Waals surface area (Å²) in [5.74, 6) is 0.581. The monoisotopic (exact) mass is 400 g/mol. The first kappa shape index (κ1) is 21.1. The zero-order chi connectivity index (χ0) is 21.0. The Morgan fingerprint density at radius 1 is 1.24 bits per heavy atom. The van der Waals surface area contributed by atoms with Crippen LogP contribution in [0.15, 0.2) is 24.4 Å². The van der Waals surface area contributed by atoms with Crippen LogP contribution in [0.3, 0.4) is 0 Å². The lowest BCUT2D eigenvalue weighted by Gasteiger charge is -2.27. The fourth-order valence-corrected chi connectivity index (χ4v) is 3.94. The molecule has 0 aromatic carbocycles. The lowest BCUT2D eigenvalue weighted by Crippen LogP contribution is -2.39. The van der Waals surface area contributed by atoms with Gasteiger partial charge in [-0.15, -0.1) is 0 Å². The molecule has 3 rings (SSSR count). The van der Waals surface area contributed by atoms with Gasteiger partial charge in [0.25, 0.3) is 5.91 Å². The summed E-state index contributed by atoms with van der Waals surface area (Å²) in [5, 5.41) is 3.00. The molecule has 1 unspecified atom stereocenters. The molecular formula is C21H32N6O2. The van der Waals surface area contributed by atoms with Crippen LogP contribution in [-0.2, 0) is 0 Å². The van der Waals surface area contributed by atoms with E-state index in [0.717, 1.165) is 43.8 Å². The Balaban J connectivity index is 1.85. The standard InChI is InChI=1S/C21H32N6O2/c1-5-25(6-2)15-12-22-20(28)18-16-10-7-8-13-26(16)19(23-18)17-11-9-14-27(17)21(29)24(3)4/h7-8,10,13,17H,5-6,9,11-12,14-15H2,1-4H3,(H,22,28). The summed E-state index contributed by atoms with van der Waals surface area (Å²) in [5.41, 5.74) is 1.19. The lowest BCUT2D eigenvalue weighted by atomic mass is 10.2. The number of carbonyl (C=O) groups is 2. The third-order valence-corrected chi connectivity index (χ3v) is 5.58. The fourth-order valence-electron chi connectivity index (χ4n) is 3.94. The second-order valence-electron chi connectivity index (χ2n) is 7.59. The van der Waals surface area contributed by atoms with Gasteiger partial charge in [-0.2, -0.15) is 0 Å². The number of rotatable bonds is 7. The maximum Gasteiger partial charge on any atom is 0.320 e. The van der Waals surface area contributed by atoms with Crippen LogP contribution in [0.4, 0.5) is 4.79 Å². The molecule has 8 nitrogen and oxygen atoms in total. The fraction of sp³-hybridized carbons (Fsp3) is 0.571. The number of urea groups is 1. The van der Waals surface area contributed by atoms with E-state index in [9.17, 15) is 9.59 Å². The number of pyridine rings is 1. The van der Waals surface area contributed by atoms with Gasteiger partial charge in [-0.3, -0.25) is 4.79 Å². The number of imidazole rings is 1. The second kappa shape index (κ2) is 9.26. The van der Waals surface area contributed by atoms with Gasteiger partial charge in [0.15, 0.2) is 5.69 Å². The van der Waals surface area contributed by atoms with Gasteiger partial charge in [-0.1, -0.05) is 19.9 Å². The van der Waals surface area contributed by atoms with E-state index in [1.54, 1.807) is 19.0 Å². The second-order valence-corrected chi connectivity index (χ2v) is 7.59. The highest BCUT2D eigenvalue weighted by Gasteiger charge is 2.34. The van der Waals surface area contributed by atoms with Crippen LogP contribution in [0.5, 0.6) is 0 Å². The van der Waals surface area contributed by atoms with E-state index in [-0.39, 0.29) is 18.0 Å². The van der Waals surface area contributed by atoms with Crippen molar-refractivity contribution < 1.29 is 9.59 Å². The molecule has 1 atom stereocenters. The molecule has 3 amide bonds. The quantitative estimate of drug-likeness (QED) is 0.774. The molecule has 2 aromatic rings. The SMILES string of the molecule is CCN(CC)CCNC(=O)c1nc(C2CCCN2C(=O)N(C)C)n2ccccc12. The Hall–Kier alpha value is -2.61. The number of nitrogens with zero attached hydrogens (tertiary/aromatic N) is 5. The highest BCUT2D eigenvalue weighted by Crippen LogP contribution is 2.33. The van der Waals surface area contributed by atoms with Gasteiger partial charge in [0, 0.05) is 39.9 Å². The first-order valence-corrected chi connectivity index (χ1v) is 10.4. The first-order valence-electron chi connectivity index (χ1n) is 10.4. The normalized spacial score (nSPS) is 16.6. The Morgan fingerprint density at radius 2 is 2.00 bits per heavy atom. The van der Waals surface area contributed by atoms with Gasteiger partial charge < -0.3 is 24.4 Å². The van der Waals surface area contributed by atoms with E-state index < -0.39 is 0 Å². The molecule has 0 aliphatic carbocycles. The van der Waals surface area contributed by atoms with Gasteiger partial charge >= 0.3 is 6.03 Å². The molecule has 0 bridgehead atoms. The summed E-state index contributed by atoms with van der Waals surface area (Å²) in [6.07, 6.45) is 3.69. The van der Waals surface area contributed by atoms with Crippen LogP contribution < -0.4 is 5.32 Å². The van der Waals surface area contributed by atoms with Crippen molar-refractivity contribution in [3.8, 4) is 0 Å². The van der Waals surface area contributed by atoms with Gasteiger partial charge in [0.2, 0.25) is 0 Å². The van der Waals surface area contributed by atoms with Gasteiger partial charge in [0.05, 0.1) is 11.6 Å². The molecule has 0 spiro atoms. The highest BCUT2D eigenvalue weighted by atomic mass is 16.2. The Kier molecular flexibility index (Phi) is 6.74. The van der Waals surface area contributed by atoms with Crippen LogP contribution in [0, 0.1) is 0 Å². The minimum absolute atomic E-state index is 0.0228. The number of likely N-dealkylation sites (N-methyl/N-ethyl adjacent to an activating group) is 1. The Bertz CT molecular complexity index is 858. The molecule has 8 heteroatoms. The Morgan fingerprint density at radius 3 is 2.69 bits per heavy atom. The smallest absolute Gasteiger partial charge is 0.320 e. The molecule has 0 radical (unpaired) electrons. The maximum atomic E-state index is 12.9. The van der Waals surface area contributed by atoms with E-state index in [4.69, 9.17) is 4.98 Å². The summed E-state index contributed by atoms with van der Waals surface area (Å²) in [4.78, 5) is 35.9. The maximum absolute atomic E-state index is 12.9. The van der Waals surface area contributed by atoms with Crippen LogP contribution in [-0.4, -0.2) is 82.8 Å². The molecule has 158 valence electrons. The summed E-state index contributed by atoms with van der Waals surface area (Å²) >= 11 is 0. The minimum atomic E-state index is -0.171. The molecule has 1 aliphatic rings. The highest BCUT2D eigenvalue weighted by molar-refractivity contribution is 5.99. The molecule has 1 N–H and O–H groups in total. The number of amides is 3. The third kappa shape index (κ3) is 4.37. The molecule has 1 fully saturated rings. The Labute approximate surface area is 172 Å². The molecule has 3 heterocycles. The average molecular weight is 401 g/mol. The molecule has 2 aromatic heterocycles. The van der Waals surface area contributed by atoms with E-state index in [2.05, 4.69) is 24.1 Å². The van der Waals surface area contributed by atoms with E-state index in [1.165, 1.54) is 0 Å². The van der Waals surface area contributed by atoms with Crippen LogP contribution in [0.1, 0.15) is 49.0 Å². The number of hydrogen-bond acceptors (Lipinski definition) is 4. The van der Waals surface area contributed by atoms with Crippen molar-refractivity contribution in [3.63, 3.8) is 0 Å². The van der Waals surface area contributed by atoms with Crippen molar-refractivity contribution >= 4 is 17.5 Å². The molecule has 1 aliphatic heterocycles. The van der Waals surface area contributed by atoms with E-state index in [1.807, 2.05) is 33.7 Å². The van der Waals surface area contributed by atoms with Gasteiger partial charge in [-0.25, -0.2) is 9.78 Å². The van der Waals surface area contributed by atoms with Crippen molar-refractivity contribution in [2.45, 2.75) is 32.7 Å². The predicted molar refractivity (Wildman–Crippen MR) is 113 cm³/mol. The third-order valence-electron chi connectivity index (χ3n) is 5.58. The van der Waals surface area contributed by atoms with Crippen molar-refractivity contribution in [1.82, 2.24) is 29.4 Å². The zero-order valence-corrected chi connectivity index (χ0v) is 17.9. The molecule has 1 saturated heterocycles. The topological polar surface area (TPSA) is 73.2 Å². The predicted octanol–water partition coefficient (Wildman–Crippen LogP) is 2.22. The minimum Gasteiger partial charge on any atom is -0.349 e. The summed E-state index contributed by atoms with van der Waals surface area (Å²) < 4.78 is 1.95. The number of carbonyl (C=O) groups excluding carboxylic acids is 2. The van der Waals surface area contributed by atoms with Crippen molar-refractivity contribution in [2.75, 3.05) is 46.8 Å². The van der Waals surface area contributed by atoms with Crippen molar-refractivity contribution in [1.29, 1.82) is 0 Å². The molecule has 0 saturated carbocycles. The van der Waals surface area contributed by atoms with E-state index >= 15 is 0 Å². The largest absolute Gasteiger partial charge is 0.349 e. The van der Waals surface area contributed by atoms with E-state index in [0.29, 0.717) is 18.8 Å². The van der Waals surface area contributed by atoms with Crippen molar-refractivity contribution in [3.05, 3.63) is 35.9 Å². The van der Waals surface area contributed by atoms with Crippen molar-refractivity contribution in [2.24, 2.45) is 0 Å². The summed E-state index contributed by atoms with van der Waals surface area (Å²) in [6.45, 7) is 8.24. The number of hydrogen-bond donors (Lipinski definition) is 1. The average Bonchev–Trinajstić information content (AvgIpc) is 3.35. The van der Waals surface area contributed by atoms with Crippen LogP contribution >= 0.6 is 0 Å². The lowest BCUT2D eigenvalue weighted by molar-refractivity contribution is 0.0946. The first-order chi connectivity index (χ1) is 14.0.